The molecule has 0 aromatic heterocycles. The van der Waals surface area contributed by atoms with Crippen molar-refractivity contribution in [2.45, 2.75) is 73.1 Å². The Labute approximate surface area is 144 Å². The standard InChI is InChI=1S/C23H36/c1-16(2)13-20-8-10-21(11-9-20)19(6)15-22-14-18(5)7-12-23(22)17(3)4/h8-11,15-19,23H,7,12-14H2,1-6H3/b22-15+/t18-,19+,23+/m1/s1. The van der Waals surface area contributed by atoms with E-state index in [1.165, 1.54) is 36.8 Å². The first-order valence-corrected chi connectivity index (χ1v) is 9.66. The molecule has 1 fully saturated rings. The molecule has 0 radical (unpaired) electrons. The van der Waals surface area contributed by atoms with Crippen molar-refractivity contribution < 1.29 is 0 Å². The minimum atomic E-state index is 0.532. The molecule has 0 amide bonds. The maximum atomic E-state index is 2.58. The van der Waals surface area contributed by atoms with Gasteiger partial charge < -0.3 is 0 Å². The van der Waals surface area contributed by atoms with Crippen LogP contribution >= 0.6 is 0 Å². The van der Waals surface area contributed by atoms with Gasteiger partial charge in [-0.2, -0.15) is 0 Å². The highest BCUT2D eigenvalue weighted by Gasteiger charge is 2.25. The average molecular weight is 313 g/mol. The van der Waals surface area contributed by atoms with Gasteiger partial charge in [-0.3, -0.25) is 0 Å². The highest BCUT2D eigenvalue weighted by Crippen LogP contribution is 2.39. The molecule has 0 N–H and O–H groups in total. The largest absolute Gasteiger partial charge is 0.0778 e. The van der Waals surface area contributed by atoms with Gasteiger partial charge >= 0.3 is 0 Å². The molecule has 0 spiro atoms. The van der Waals surface area contributed by atoms with Crippen LogP contribution in [0.3, 0.4) is 0 Å². The van der Waals surface area contributed by atoms with Gasteiger partial charge in [0.25, 0.3) is 0 Å². The second-order valence-corrected chi connectivity index (χ2v) is 8.61. The van der Waals surface area contributed by atoms with Crippen LogP contribution in [0.2, 0.25) is 0 Å². The molecule has 1 aromatic rings. The highest BCUT2D eigenvalue weighted by atomic mass is 14.3. The molecule has 0 heterocycles. The summed E-state index contributed by atoms with van der Waals surface area (Å²) < 4.78 is 0. The zero-order valence-electron chi connectivity index (χ0n) is 16.1. The van der Waals surface area contributed by atoms with Crippen molar-refractivity contribution in [2.24, 2.45) is 23.7 Å². The number of allylic oxidation sites excluding steroid dienone is 2. The Balaban J connectivity index is 2.13. The van der Waals surface area contributed by atoms with Crippen LogP contribution in [0.4, 0.5) is 0 Å². The van der Waals surface area contributed by atoms with Gasteiger partial charge in [-0.25, -0.2) is 0 Å². The lowest BCUT2D eigenvalue weighted by atomic mass is 9.73. The summed E-state index contributed by atoms with van der Waals surface area (Å²) in [5.41, 5.74) is 4.65. The lowest BCUT2D eigenvalue weighted by Gasteiger charge is -2.33. The van der Waals surface area contributed by atoms with Crippen LogP contribution < -0.4 is 0 Å². The summed E-state index contributed by atoms with van der Waals surface area (Å²) in [4.78, 5) is 0. The van der Waals surface area contributed by atoms with Crippen molar-refractivity contribution >= 4 is 0 Å². The van der Waals surface area contributed by atoms with E-state index in [4.69, 9.17) is 0 Å². The highest BCUT2D eigenvalue weighted by molar-refractivity contribution is 5.29. The maximum absolute atomic E-state index is 2.58. The van der Waals surface area contributed by atoms with E-state index >= 15 is 0 Å². The lowest BCUT2D eigenvalue weighted by Crippen LogP contribution is -2.20. The average Bonchev–Trinajstić information content (AvgIpc) is 2.47. The Kier molecular flexibility index (Phi) is 6.50. The summed E-state index contributed by atoms with van der Waals surface area (Å²) in [5, 5.41) is 0. The van der Waals surface area contributed by atoms with Gasteiger partial charge in [0.1, 0.15) is 0 Å². The van der Waals surface area contributed by atoms with Gasteiger partial charge in [0, 0.05) is 0 Å². The van der Waals surface area contributed by atoms with Gasteiger partial charge in [0.2, 0.25) is 0 Å². The fraction of sp³-hybridized carbons (Fsp3) is 0.652. The molecule has 1 aromatic carbocycles. The third-order valence-electron chi connectivity index (χ3n) is 5.45. The molecular formula is C23H36. The molecule has 3 atom stereocenters. The first-order chi connectivity index (χ1) is 10.9. The van der Waals surface area contributed by atoms with E-state index in [-0.39, 0.29) is 0 Å². The van der Waals surface area contributed by atoms with Gasteiger partial charge in [0.05, 0.1) is 0 Å². The summed E-state index contributed by atoms with van der Waals surface area (Å²) >= 11 is 0. The Morgan fingerprint density at radius 2 is 1.65 bits per heavy atom. The van der Waals surface area contributed by atoms with E-state index in [1.807, 2.05) is 0 Å². The molecule has 0 nitrogen and oxygen atoms in total. The first kappa shape index (κ1) is 18.3. The Bertz CT molecular complexity index is 503. The lowest BCUT2D eigenvalue weighted by molar-refractivity contribution is 0.306. The zero-order chi connectivity index (χ0) is 17.0. The predicted molar refractivity (Wildman–Crippen MR) is 103 cm³/mol. The van der Waals surface area contributed by atoms with Gasteiger partial charge in [-0.1, -0.05) is 77.5 Å². The normalized spacial score (nSPS) is 25.3. The van der Waals surface area contributed by atoms with Crippen molar-refractivity contribution in [2.75, 3.05) is 0 Å². The summed E-state index contributed by atoms with van der Waals surface area (Å²) in [6.45, 7) is 14.1. The summed E-state index contributed by atoms with van der Waals surface area (Å²) in [7, 11) is 0. The van der Waals surface area contributed by atoms with E-state index in [0.29, 0.717) is 5.92 Å². The molecule has 0 saturated heterocycles. The number of hydrogen-bond donors (Lipinski definition) is 0. The molecule has 1 aliphatic carbocycles. The minimum Gasteiger partial charge on any atom is -0.0778 e. The van der Waals surface area contributed by atoms with Crippen LogP contribution in [0.25, 0.3) is 0 Å². The SMILES string of the molecule is CC(C)Cc1ccc([C@@H](C)/C=C2\C[C@H](C)CC[C@H]2C(C)C)cc1. The Morgan fingerprint density at radius 3 is 2.22 bits per heavy atom. The van der Waals surface area contributed by atoms with Crippen molar-refractivity contribution in [3.8, 4) is 0 Å². The third-order valence-corrected chi connectivity index (χ3v) is 5.45. The van der Waals surface area contributed by atoms with Crippen molar-refractivity contribution in [3.63, 3.8) is 0 Å². The van der Waals surface area contributed by atoms with Crippen LogP contribution in [0, 0.1) is 23.7 Å². The zero-order valence-corrected chi connectivity index (χ0v) is 16.1. The summed E-state index contributed by atoms with van der Waals surface area (Å²) in [6.07, 6.45) is 7.85. The molecule has 1 saturated carbocycles. The van der Waals surface area contributed by atoms with Crippen LogP contribution in [0.1, 0.15) is 77.8 Å². The second-order valence-electron chi connectivity index (χ2n) is 8.61. The van der Waals surface area contributed by atoms with Gasteiger partial charge in [0.15, 0.2) is 0 Å². The molecule has 0 heteroatoms. The van der Waals surface area contributed by atoms with E-state index < -0.39 is 0 Å². The van der Waals surface area contributed by atoms with Crippen molar-refractivity contribution in [1.29, 1.82) is 0 Å². The topological polar surface area (TPSA) is 0 Å². The fourth-order valence-electron chi connectivity index (χ4n) is 4.10. The van der Waals surface area contributed by atoms with E-state index in [0.717, 1.165) is 23.7 Å². The quantitative estimate of drug-likeness (QED) is 0.513. The van der Waals surface area contributed by atoms with Crippen LogP contribution in [0.15, 0.2) is 35.9 Å². The summed E-state index contributed by atoms with van der Waals surface area (Å²) in [5.74, 6) is 3.70. The smallest absolute Gasteiger partial charge is 0.000765 e. The van der Waals surface area contributed by atoms with Crippen molar-refractivity contribution in [1.82, 2.24) is 0 Å². The number of hydrogen-bond acceptors (Lipinski definition) is 0. The molecule has 0 aliphatic heterocycles. The van der Waals surface area contributed by atoms with Gasteiger partial charge in [-0.15, -0.1) is 0 Å². The van der Waals surface area contributed by atoms with Crippen molar-refractivity contribution in [3.05, 3.63) is 47.0 Å². The molecule has 0 unspecified atom stereocenters. The maximum Gasteiger partial charge on any atom is -0.000765 e. The third kappa shape index (κ3) is 5.23. The molecule has 1 aliphatic rings. The number of benzene rings is 1. The Morgan fingerprint density at radius 1 is 1.00 bits per heavy atom. The second kappa shape index (κ2) is 8.18. The predicted octanol–water partition coefficient (Wildman–Crippen LogP) is 7.01. The summed E-state index contributed by atoms with van der Waals surface area (Å²) in [6, 6.07) is 9.34. The molecule has 128 valence electrons. The number of rotatable bonds is 5. The van der Waals surface area contributed by atoms with E-state index in [9.17, 15) is 0 Å². The van der Waals surface area contributed by atoms with E-state index in [2.05, 4.69) is 71.9 Å². The van der Waals surface area contributed by atoms with Gasteiger partial charge in [-0.05, 0) is 66.4 Å². The molecule has 23 heavy (non-hydrogen) atoms. The molecule has 2 rings (SSSR count). The van der Waals surface area contributed by atoms with Crippen LogP contribution in [0.5, 0.6) is 0 Å². The van der Waals surface area contributed by atoms with E-state index in [1.54, 1.807) is 5.57 Å². The monoisotopic (exact) mass is 312 g/mol. The first-order valence-electron chi connectivity index (χ1n) is 9.66. The van der Waals surface area contributed by atoms with Crippen LogP contribution in [-0.2, 0) is 6.42 Å². The fourth-order valence-corrected chi connectivity index (χ4v) is 4.10. The molecule has 0 bridgehead atoms. The molecular weight excluding hydrogens is 276 g/mol. The minimum absolute atomic E-state index is 0.532. The van der Waals surface area contributed by atoms with Crippen LogP contribution in [-0.4, -0.2) is 0 Å². The Hall–Kier alpha value is -1.04.